The minimum atomic E-state index is -5.13. The molecule has 2 heterocycles. The molecule has 4 rings (SSSR count). The number of amides is 1. The second-order valence-electron chi connectivity index (χ2n) is 7.72. The van der Waals surface area contributed by atoms with E-state index in [9.17, 15) is 35.9 Å². The Morgan fingerprint density at radius 1 is 0.914 bits per heavy atom. The van der Waals surface area contributed by atoms with Crippen LogP contribution in [0.3, 0.4) is 0 Å². The molecule has 13 heteroatoms. The number of carbonyl (C=O) groups excluding carboxylic acids is 1. The monoisotopic (exact) mass is 495 g/mol. The highest BCUT2D eigenvalue weighted by Gasteiger charge is 2.37. The van der Waals surface area contributed by atoms with Crippen molar-refractivity contribution in [3.63, 3.8) is 0 Å². The highest BCUT2D eigenvalue weighted by atomic mass is 19.4. The van der Waals surface area contributed by atoms with Crippen molar-refractivity contribution in [2.75, 3.05) is 5.43 Å². The average molecular weight is 495 g/mol. The van der Waals surface area contributed by atoms with Crippen molar-refractivity contribution >= 4 is 16.9 Å². The lowest BCUT2D eigenvalue weighted by molar-refractivity contribution is -0.143. The van der Waals surface area contributed by atoms with Crippen LogP contribution in [0.4, 0.5) is 26.3 Å². The van der Waals surface area contributed by atoms with Crippen LogP contribution in [-0.4, -0.2) is 25.3 Å². The number of carbonyl (C=O) groups is 1. The number of aromatic nitrogens is 4. The lowest BCUT2D eigenvalue weighted by Crippen LogP contribution is -2.33. The topological polar surface area (TPSA) is 81.8 Å². The number of rotatable bonds is 3. The van der Waals surface area contributed by atoms with E-state index in [0.29, 0.717) is 10.4 Å². The number of nitrogens with one attached hydrogen (secondary N) is 1. The van der Waals surface area contributed by atoms with Crippen LogP contribution in [0, 0.1) is 13.8 Å². The molecule has 7 nitrogen and oxygen atoms in total. The first-order chi connectivity index (χ1) is 16.3. The molecule has 2 aromatic carbocycles. The lowest BCUT2D eigenvalue weighted by atomic mass is 10.0. The Bertz CT molecular complexity index is 1490. The molecule has 0 aliphatic heterocycles. The Hall–Kier alpha value is -4.16. The van der Waals surface area contributed by atoms with Gasteiger partial charge < -0.3 is 0 Å². The fourth-order valence-electron chi connectivity index (χ4n) is 3.30. The van der Waals surface area contributed by atoms with Crippen molar-refractivity contribution in [2.45, 2.75) is 26.2 Å². The summed E-state index contributed by atoms with van der Waals surface area (Å²) >= 11 is 0. The largest absolute Gasteiger partial charge is 0.416 e. The number of hydrogen-bond acceptors (Lipinski definition) is 4. The van der Waals surface area contributed by atoms with Gasteiger partial charge in [-0.2, -0.15) is 31.4 Å². The summed E-state index contributed by atoms with van der Waals surface area (Å²) < 4.78 is 80.4. The van der Waals surface area contributed by atoms with Crippen molar-refractivity contribution in [3.05, 3.63) is 87.1 Å². The predicted molar refractivity (Wildman–Crippen MR) is 113 cm³/mol. The van der Waals surface area contributed by atoms with Crippen LogP contribution in [0.15, 0.2) is 53.7 Å². The first-order valence-electron chi connectivity index (χ1n) is 9.89. The summed E-state index contributed by atoms with van der Waals surface area (Å²) in [7, 11) is 0. The Morgan fingerprint density at radius 2 is 1.54 bits per heavy atom. The number of benzene rings is 2. The Morgan fingerprint density at radius 3 is 2.11 bits per heavy atom. The quantitative estimate of drug-likeness (QED) is 0.421. The fraction of sp³-hybridized carbons (Fsp3) is 0.182. The van der Waals surface area contributed by atoms with Gasteiger partial charge in [0.2, 0.25) is 0 Å². The van der Waals surface area contributed by atoms with Crippen LogP contribution in [-0.2, 0) is 12.4 Å². The minimum Gasteiger partial charge on any atom is -0.267 e. The molecule has 1 amide bonds. The molecular weight excluding hydrogens is 480 g/mol. The third-order valence-electron chi connectivity index (χ3n) is 5.30. The summed E-state index contributed by atoms with van der Waals surface area (Å²) in [6.07, 6.45) is -8.18. The van der Waals surface area contributed by atoms with E-state index in [1.165, 1.54) is 10.9 Å². The van der Waals surface area contributed by atoms with Gasteiger partial charge in [-0.1, -0.05) is 6.07 Å². The van der Waals surface area contributed by atoms with Crippen molar-refractivity contribution in [1.29, 1.82) is 0 Å². The zero-order chi connectivity index (χ0) is 25.7. The lowest BCUT2D eigenvalue weighted by Gasteiger charge is -2.14. The molecule has 2 aromatic heterocycles. The molecule has 0 spiro atoms. The van der Waals surface area contributed by atoms with Gasteiger partial charge in [0, 0.05) is 5.56 Å². The zero-order valence-corrected chi connectivity index (χ0v) is 18.0. The van der Waals surface area contributed by atoms with Gasteiger partial charge in [0.25, 0.3) is 11.5 Å². The molecule has 4 aromatic rings. The third kappa shape index (κ3) is 4.61. The number of halogens is 6. The molecule has 0 unspecified atom stereocenters. The fourth-order valence-corrected chi connectivity index (χ4v) is 3.30. The first-order valence-corrected chi connectivity index (χ1v) is 9.89. The van der Waals surface area contributed by atoms with E-state index >= 15 is 0 Å². The predicted octanol–water partition coefficient (Wildman–Crippen LogP) is 4.62. The molecule has 0 saturated carbocycles. The highest BCUT2D eigenvalue weighted by Crippen LogP contribution is 2.36. The van der Waals surface area contributed by atoms with Gasteiger partial charge in [0.15, 0.2) is 5.65 Å². The number of hydrogen-bond donors (Lipinski definition) is 1. The number of aryl methyl sites for hydroxylation is 2. The molecular formula is C22H15F6N5O2. The second kappa shape index (κ2) is 8.25. The summed E-state index contributed by atoms with van der Waals surface area (Å²) in [5.74, 6) is -1.37. The van der Waals surface area contributed by atoms with Crippen molar-refractivity contribution in [2.24, 2.45) is 0 Å². The van der Waals surface area contributed by atoms with Gasteiger partial charge in [-0.15, -0.1) is 0 Å². The average Bonchev–Trinajstić information content (AvgIpc) is 3.21. The van der Waals surface area contributed by atoms with E-state index in [-0.39, 0.29) is 29.2 Å². The second-order valence-corrected chi connectivity index (χ2v) is 7.72. The summed E-state index contributed by atoms with van der Waals surface area (Å²) in [6, 6.07) is 5.86. The first kappa shape index (κ1) is 24.0. The molecule has 0 radical (unpaired) electrons. The molecule has 35 heavy (non-hydrogen) atoms. The van der Waals surface area contributed by atoms with Crippen LogP contribution in [0.1, 0.15) is 32.6 Å². The van der Waals surface area contributed by atoms with E-state index in [1.54, 1.807) is 6.07 Å². The smallest absolute Gasteiger partial charge is 0.267 e. The minimum absolute atomic E-state index is 0.0361. The molecule has 0 atom stereocenters. The molecule has 1 N–H and O–H groups in total. The number of alkyl halides is 6. The van der Waals surface area contributed by atoms with E-state index < -0.39 is 40.5 Å². The van der Waals surface area contributed by atoms with E-state index in [0.717, 1.165) is 17.5 Å². The SMILES string of the molecule is Cc1ccc(-n2ncc3c(=O)n(NC(=O)c4cc(C(F)(F)F)cc(C(F)(F)F)c4)cnc32)cc1C. The maximum Gasteiger partial charge on any atom is 0.416 e. The van der Waals surface area contributed by atoms with Gasteiger partial charge in [-0.05, 0) is 55.3 Å². The van der Waals surface area contributed by atoms with Crippen molar-refractivity contribution in [3.8, 4) is 5.69 Å². The van der Waals surface area contributed by atoms with Crippen LogP contribution in [0.25, 0.3) is 16.7 Å². The zero-order valence-electron chi connectivity index (χ0n) is 18.0. The van der Waals surface area contributed by atoms with E-state index in [4.69, 9.17) is 0 Å². The number of nitrogens with zero attached hydrogens (tertiary/aromatic N) is 4. The van der Waals surface area contributed by atoms with Crippen LogP contribution >= 0.6 is 0 Å². The molecule has 0 aliphatic rings. The molecule has 0 saturated heterocycles. The van der Waals surface area contributed by atoms with Gasteiger partial charge in [0.1, 0.15) is 11.7 Å². The highest BCUT2D eigenvalue weighted by molar-refractivity contribution is 6.00. The number of fused-ring (bicyclic) bond motifs is 1. The van der Waals surface area contributed by atoms with Gasteiger partial charge in [-0.25, -0.2) is 14.3 Å². The summed E-state index contributed by atoms with van der Waals surface area (Å²) in [5.41, 5.74) is -0.367. The summed E-state index contributed by atoms with van der Waals surface area (Å²) in [4.78, 5) is 29.4. The Labute approximate surface area is 192 Å². The molecule has 0 bridgehead atoms. The third-order valence-corrected chi connectivity index (χ3v) is 5.30. The van der Waals surface area contributed by atoms with Crippen LogP contribution in [0.5, 0.6) is 0 Å². The van der Waals surface area contributed by atoms with E-state index in [1.807, 2.05) is 31.4 Å². The molecule has 182 valence electrons. The maximum absolute atomic E-state index is 13.1. The Kier molecular flexibility index (Phi) is 5.65. The standard InChI is InChI=1S/C22H15F6N5O2/c1-11-3-4-16(5-12(11)2)33-18-17(9-30-33)20(35)32(10-29-18)31-19(34)13-6-14(21(23,24)25)8-15(7-13)22(26,27)28/h3-10H,1-2H3,(H,31,34). The van der Waals surface area contributed by atoms with Crippen LogP contribution in [0.2, 0.25) is 0 Å². The van der Waals surface area contributed by atoms with Gasteiger partial charge in [-0.3, -0.25) is 15.0 Å². The molecule has 0 fully saturated rings. The van der Waals surface area contributed by atoms with Crippen molar-refractivity contribution in [1.82, 2.24) is 19.4 Å². The normalized spacial score (nSPS) is 12.2. The summed E-state index contributed by atoms with van der Waals surface area (Å²) in [6.45, 7) is 3.81. The van der Waals surface area contributed by atoms with Gasteiger partial charge in [0.05, 0.1) is 23.0 Å². The van der Waals surface area contributed by atoms with E-state index in [2.05, 4.69) is 10.1 Å². The summed E-state index contributed by atoms with van der Waals surface area (Å²) in [5, 5.41) is 4.09. The van der Waals surface area contributed by atoms with Crippen LogP contribution < -0.4 is 11.0 Å². The Balaban J connectivity index is 1.71. The van der Waals surface area contributed by atoms with Crippen molar-refractivity contribution < 1.29 is 31.1 Å². The molecule has 0 aliphatic carbocycles. The maximum atomic E-state index is 13.1. The van der Waals surface area contributed by atoms with Gasteiger partial charge >= 0.3 is 12.4 Å².